The van der Waals surface area contributed by atoms with Crippen molar-refractivity contribution in [3.05, 3.63) is 12.4 Å². The average molecular weight is 250 g/mol. The normalized spacial score (nSPS) is 28.2. The van der Waals surface area contributed by atoms with Crippen LogP contribution in [0.15, 0.2) is 17.3 Å². The second kappa shape index (κ2) is 5.11. The Morgan fingerprint density at radius 2 is 2.59 bits per heavy atom. The molecule has 5 heteroatoms. The van der Waals surface area contributed by atoms with Crippen molar-refractivity contribution in [2.24, 2.45) is 18.7 Å². The average Bonchev–Trinajstić information content (AvgIpc) is 2.87. The number of hydrogen-bond acceptors (Lipinski definition) is 4. The predicted octanol–water partition coefficient (Wildman–Crippen LogP) is 1.92. The van der Waals surface area contributed by atoms with E-state index in [0.717, 1.165) is 31.4 Å². The molecular formula is C12H18N4S. The largest absolute Gasteiger partial charge is 0.313 e. The van der Waals surface area contributed by atoms with Crippen LogP contribution in [0.5, 0.6) is 0 Å². The standard InChI is InChI=1S/C12H18N4S/c1-16-8-11(7-15-16)17-6-4-10-3-2-5-12(10,14)9-13/h7-8,10H,2-6,14H2,1H3. The molecule has 0 amide bonds. The van der Waals surface area contributed by atoms with Gasteiger partial charge >= 0.3 is 0 Å². The molecule has 17 heavy (non-hydrogen) atoms. The van der Waals surface area contributed by atoms with E-state index in [1.165, 1.54) is 4.90 Å². The number of nitrogens with two attached hydrogens (primary N) is 1. The molecule has 0 spiro atoms. The highest BCUT2D eigenvalue weighted by molar-refractivity contribution is 7.99. The Labute approximate surface area is 106 Å². The summed E-state index contributed by atoms with van der Waals surface area (Å²) in [5.74, 6) is 1.37. The summed E-state index contributed by atoms with van der Waals surface area (Å²) in [5.41, 5.74) is 5.53. The minimum absolute atomic E-state index is 0.358. The maximum atomic E-state index is 9.12. The van der Waals surface area contributed by atoms with Crippen LogP contribution in [0.25, 0.3) is 0 Å². The Kier molecular flexibility index (Phi) is 3.75. The van der Waals surface area contributed by atoms with E-state index in [1.807, 2.05) is 19.4 Å². The van der Waals surface area contributed by atoms with Crippen molar-refractivity contribution < 1.29 is 0 Å². The molecule has 1 aliphatic rings. The van der Waals surface area contributed by atoms with Crippen molar-refractivity contribution >= 4 is 11.8 Å². The van der Waals surface area contributed by atoms with Crippen LogP contribution in [0.4, 0.5) is 0 Å². The first-order valence-corrected chi connectivity index (χ1v) is 6.94. The van der Waals surface area contributed by atoms with Gasteiger partial charge in [-0.15, -0.1) is 11.8 Å². The molecule has 1 aromatic rings. The van der Waals surface area contributed by atoms with Gasteiger partial charge < -0.3 is 5.73 Å². The minimum Gasteiger partial charge on any atom is -0.313 e. The molecule has 0 bridgehead atoms. The lowest BCUT2D eigenvalue weighted by molar-refractivity contribution is 0.389. The Morgan fingerprint density at radius 1 is 1.76 bits per heavy atom. The summed E-state index contributed by atoms with van der Waals surface area (Å²) in [6, 6.07) is 2.30. The van der Waals surface area contributed by atoms with Crippen LogP contribution in [0.2, 0.25) is 0 Å². The molecule has 1 heterocycles. The van der Waals surface area contributed by atoms with Crippen LogP contribution in [0.3, 0.4) is 0 Å². The van der Waals surface area contributed by atoms with Crippen molar-refractivity contribution in [1.29, 1.82) is 5.26 Å². The van der Waals surface area contributed by atoms with E-state index in [-0.39, 0.29) is 0 Å². The molecule has 4 nitrogen and oxygen atoms in total. The van der Waals surface area contributed by atoms with Gasteiger partial charge in [0.15, 0.2) is 0 Å². The molecule has 92 valence electrons. The van der Waals surface area contributed by atoms with Gasteiger partial charge in [0, 0.05) is 18.1 Å². The molecule has 0 aliphatic heterocycles. The first-order chi connectivity index (χ1) is 8.14. The number of aryl methyl sites for hydroxylation is 1. The molecule has 1 aromatic heterocycles. The number of nitrogens with zero attached hydrogens (tertiary/aromatic N) is 3. The summed E-state index contributed by atoms with van der Waals surface area (Å²) < 4.78 is 1.81. The Hall–Kier alpha value is -0.990. The number of nitriles is 1. The number of thioether (sulfide) groups is 1. The van der Waals surface area contributed by atoms with Gasteiger partial charge in [0.05, 0.1) is 12.3 Å². The lowest BCUT2D eigenvalue weighted by atomic mass is 9.88. The van der Waals surface area contributed by atoms with Crippen LogP contribution in [0.1, 0.15) is 25.7 Å². The van der Waals surface area contributed by atoms with Crippen molar-refractivity contribution in [3.63, 3.8) is 0 Å². The van der Waals surface area contributed by atoms with Gasteiger partial charge in [-0.1, -0.05) is 6.42 Å². The molecule has 2 atom stereocenters. The minimum atomic E-state index is -0.574. The first-order valence-electron chi connectivity index (χ1n) is 5.95. The maximum Gasteiger partial charge on any atom is 0.107 e. The highest BCUT2D eigenvalue weighted by atomic mass is 32.2. The van der Waals surface area contributed by atoms with Crippen molar-refractivity contribution in [1.82, 2.24) is 9.78 Å². The van der Waals surface area contributed by atoms with Crippen molar-refractivity contribution in [2.75, 3.05) is 5.75 Å². The Balaban J connectivity index is 1.81. The highest BCUT2D eigenvalue weighted by Gasteiger charge is 2.39. The third-order valence-corrected chi connectivity index (χ3v) is 4.48. The van der Waals surface area contributed by atoms with Gasteiger partial charge in [-0.2, -0.15) is 10.4 Å². The van der Waals surface area contributed by atoms with Gasteiger partial charge in [-0.05, 0) is 30.9 Å². The van der Waals surface area contributed by atoms with E-state index in [1.54, 1.807) is 16.4 Å². The van der Waals surface area contributed by atoms with E-state index < -0.39 is 5.54 Å². The smallest absolute Gasteiger partial charge is 0.107 e. The SMILES string of the molecule is Cn1cc(SCCC2CCCC2(N)C#N)cn1. The third kappa shape index (κ3) is 2.82. The molecular weight excluding hydrogens is 232 g/mol. The monoisotopic (exact) mass is 250 g/mol. The number of rotatable bonds is 4. The molecule has 0 radical (unpaired) electrons. The molecule has 1 fully saturated rings. The molecule has 1 saturated carbocycles. The Bertz CT molecular complexity index is 422. The van der Waals surface area contributed by atoms with E-state index in [2.05, 4.69) is 11.2 Å². The molecule has 2 unspecified atom stereocenters. The molecule has 2 N–H and O–H groups in total. The molecule has 0 saturated heterocycles. The van der Waals surface area contributed by atoms with Crippen LogP contribution in [0, 0.1) is 17.2 Å². The summed E-state index contributed by atoms with van der Waals surface area (Å²) in [5, 5.41) is 13.3. The van der Waals surface area contributed by atoms with Gasteiger partial charge in [-0.3, -0.25) is 4.68 Å². The van der Waals surface area contributed by atoms with Crippen LogP contribution < -0.4 is 5.73 Å². The number of hydrogen-bond donors (Lipinski definition) is 1. The summed E-state index contributed by atoms with van der Waals surface area (Å²) in [6.07, 6.45) is 7.94. The molecule has 0 aromatic carbocycles. The van der Waals surface area contributed by atoms with Crippen molar-refractivity contribution in [2.45, 2.75) is 36.1 Å². The maximum absolute atomic E-state index is 9.12. The van der Waals surface area contributed by atoms with Crippen molar-refractivity contribution in [3.8, 4) is 6.07 Å². The molecule has 2 rings (SSSR count). The summed E-state index contributed by atoms with van der Waals surface area (Å²) in [7, 11) is 1.92. The fourth-order valence-electron chi connectivity index (χ4n) is 2.44. The van der Waals surface area contributed by atoms with E-state index >= 15 is 0 Å². The predicted molar refractivity (Wildman–Crippen MR) is 68.4 cm³/mol. The van der Waals surface area contributed by atoms with E-state index in [9.17, 15) is 0 Å². The molecule has 1 aliphatic carbocycles. The second-order valence-electron chi connectivity index (χ2n) is 4.73. The third-order valence-electron chi connectivity index (χ3n) is 3.50. The first kappa shape index (κ1) is 12.5. The fourth-order valence-corrected chi connectivity index (χ4v) is 3.43. The highest BCUT2D eigenvalue weighted by Crippen LogP contribution is 2.36. The van der Waals surface area contributed by atoms with E-state index in [4.69, 9.17) is 11.0 Å². The van der Waals surface area contributed by atoms with Gasteiger partial charge in [-0.25, -0.2) is 0 Å². The zero-order valence-electron chi connectivity index (χ0n) is 10.1. The summed E-state index contributed by atoms with van der Waals surface area (Å²) >= 11 is 1.79. The topological polar surface area (TPSA) is 67.6 Å². The number of aromatic nitrogens is 2. The summed E-state index contributed by atoms with van der Waals surface area (Å²) in [6.45, 7) is 0. The lowest BCUT2D eigenvalue weighted by Crippen LogP contribution is -2.41. The zero-order valence-corrected chi connectivity index (χ0v) is 10.9. The van der Waals surface area contributed by atoms with Crippen LogP contribution in [-0.4, -0.2) is 21.1 Å². The second-order valence-corrected chi connectivity index (χ2v) is 5.90. The van der Waals surface area contributed by atoms with Gasteiger partial charge in [0.25, 0.3) is 0 Å². The summed E-state index contributed by atoms with van der Waals surface area (Å²) in [4.78, 5) is 1.19. The van der Waals surface area contributed by atoms with Crippen LogP contribution in [-0.2, 0) is 7.05 Å². The Morgan fingerprint density at radius 3 is 3.24 bits per heavy atom. The quantitative estimate of drug-likeness (QED) is 0.829. The zero-order chi connectivity index (χ0) is 12.3. The fraction of sp³-hybridized carbons (Fsp3) is 0.667. The van der Waals surface area contributed by atoms with Gasteiger partial charge in [0.2, 0.25) is 0 Å². The lowest BCUT2D eigenvalue weighted by Gasteiger charge is -2.23. The van der Waals surface area contributed by atoms with Gasteiger partial charge in [0.1, 0.15) is 5.54 Å². The van der Waals surface area contributed by atoms with E-state index in [0.29, 0.717) is 5.92 Å². The van der Waals surface area contributed by atoms with Crippen LogP contribution >= 0.6 is 11.8 Å².